The zero-order valence-corrected chi connectivity index (χ0v) is 16.3. The van der Waals surface area contributed by atoms with Crippen molar-refractivity contribution in [3.05, 3.63) is 89.2 Å². The van der Waals surface area contributed by atoms with E-state index in [0.29, 0.717) is 17.8 Å². The first-order chi connectivity index (χ1) is 13.5. The second kappa shape index (κ2) is 8.57. The number of ether oxygens (including phenoxy) is 1. The molecule has 5 nitrogen and oxygen atoms in total. The lowest BCUT2D eigenvalue weighted by Gasteiger charge is -2.14. The lowest BCUT2D eigenvalue weighted by Crippen LogP contribution is -2.30. The van der Waals surface area contributed by atoms with Crippen LogP contribution < -0.4 is 5.32 Å². The van der Waals surface area contributed by atoms with Gasteiger partial charge in [-0.1, -0.05) is 48.5 Å². The number of aryl methyl sites for hydroxylation is 1. The van der Waals surface area contributed by atoms with Crippen LogP contribution in [0.4, 0.5) is 5.69 Å². The normalized spacial score (nSPS) is 11.7. The summed E-state index contributed by atoms with van der Waals surface area (Å²) >= 11 is 0. The van der Waals surface area contributed by atoms with E-state index in [1.54, 1.807) is 19.1 Å². The van der Waals surface area contributed by atoms with Gasteiger partial charge < -0.3 is 14.6 Å². The van der Waals surface area contributed by atoms with Gasteiger partial charge in [-0.15, -0.1) is 0 Å². The summed E-state index contributed by atoms with van der Waals surface area (Å²) in [7, 11) is 0. The summed E-state index contributed by atoms with van der Waals surface area (Å²) in [6.07, 6.45) is -0.898. The molecule has 3 rings (SSSR count). The molecule has 0 unspecified atom stereocenters. The number of carbonyl (C=O) groups excluding carboxylic acids is 2. The van der Waals surface area contributed by atoms with Crippen molar-refractivity contribution in [3.8, 4) is 0 Å². The predicted octanol–water partition coefficient (Wildman–Crippen LogP) is 4.34. The number of carbonyl (C=O) groups is 2. The standard InChI is InChI=1S/C23H24N2O3/c1-16-14-21(17(2)25(16)15-19-10-6-4-7-11-19)23(27)28-18(3)22(26)24-20-12-8-5-9-13-20/h4-14,18H,15H2,1-3H3,(H,24,26)/t18-/m0/s1. The lowest BCUT2D eigenvalue weighted by atomic mass is 10.2. The third-order valence-corrected chi connectivity index (χ3v) is 4.67. The highest BCUT2D eigenvalue weighted by atomic mass is 16.5. The van der Waals surface area contributed by atoms with Crippen LogP contribution in [0.2, 0.25) is 0 Å². The molecule has 0 saturated heterocycles. The number of para-hydroxylation sites is 1. The number of benzene rings is 2. The van der Waals surface area contributed by atoms with Crippen molar-refractivity contribution in [1.29, 1.82) is 0 Å². The minimum absolute atomic E-state index is 0.363. The Kier molecular flexibility index (Phi) is 5.94. The monoisotopic (exact) mass is 376 g/mol. The molecule has 0 saturated carbocycles. The minimum Gasteiger partial charge on any atom is -0.449 e. The van der Waals surface area contributed by atoms with Crippen molar-refractivity contribution >= 4 is 17.6 Å². The molecule has 3 aromatic rings. The van der Waals surface area contributed by atoms with Gasteiger partial charge >= 0.3 is 5.97 Å². The first-order valence-corrected chi connectivity index (χ1v) is 9.23. The van der Waals surface area contributed by atoms with Gasteiger partial charge in [-0.25, -0.2) is 4.79 Å². The summed E-state index contributed by atoms with van der Waals surface area (Å²) in [4.78, 5) is 24.9. The Morgan fingerprint density at radius 3 is 2.25 bits per heavy atom. The van der Waals surface area contributed by atoms with Crippen molar-refractivity contribution in [1.82, 2.24) is 4.57 Å². The molecular weight excluding hydrogens is 352 g/mol. The number of nitrogens with one attached hydrogen (secondary N) is 1. The molecule has 1 atom stereocenters. The molecule has 0 aliphatic rings. The summed E-state index contributed by atoms with van der Waals surface area (Å²) in [6.45, 7) is 6.09. The van der Waals surface area contributed by atoms with Crippen molar-refractivity contribution in [3.63, 3.8) is 0 Å². The highest BCUT2D eigenvalue weighted by molar-refractivity contribution is 5.97. The first kappa shape index (κ1) is 19.4. The van der Waals surface area contributed by atoms with Gasteiger partial charge in [0, 0.05) is 23.6 Å². The summed E-state index contributed by atoms with van der Waals surface area (Å²) in [6, 6.07) is 20.9. The van der Waals surface area contributed by atoms with Crippen molar-refractivity contribution in [2.75, 3.05) is 5.32 Å². The lowest BCUT2D eigenvalue weighted by molar-refractivity contribution is -0.123. The second-order valence-corrected chi connectivity index (χ2v) is 6.76. The number of hydrogen-bond donors (Lipinski definition) is 1. The number of rotatable bonds is 6. The third-order valence-electron chi connectivity index (χ3n) is 4.67. The highest BCUT2D eigenvalue weighted by Crippen LogP contribution is 2.19. The molecule has 2 aromatic carbocycles. The molecule has 1 heterocycles. The van der Waals surface area contributed by atoms with Gasteiger partial charge in [-0.05, 0) is 44.5 Å². The number of anilines is 1. The number of nitrogens with zero attached hydrogens (tertiary/aromatic N) is 1. The molecule has 28 heavy (non-hydrogen) atoms. The summed E-state index contributed by atoms with van der Waals surface area (Å²) in [5.74, 6) is -0.860. The summed E-state index contributed by atoms with van der Waals surface area (Å²) < 4.78 is 7.48. The Hall–Kier alpha value is -3.34. The van der Waals surface area contributed by atoms with E-state index in [1.807, 2.05) is 68.4 Å². The average Bonchev–Trinajstić information content (AvgIpc) is 2.98. The van der Waals surface area contributed by atoms with Crippen molar-refractivity contribution in [2.24, 2.45) is 0 Å². The zero-order valence-electron chi connectivity index (χ0n) is 16.3. The second-order valence-electron chi connectivity index (χ2n) is 6.76. The Labute approximate surface area is 165 Å². The van der Waals surface area contributed by atoms with Crippen LogP contribution in [0, 0.1) is 13.8 Å². The van der Waals surface area contributed by atoms with Crippen LogP contribution >= 0.6 is 0 Å². The first-order valence-electron chi connectivity index (χ1n) is 9.23. The van der Waals surface area contributed by atoms with Crippen molar-refractivity contribution < 1.29 is 14.3 Å². The topological polar surface area (TPSA) is 60.3 Å². The van der Waals surface area contributed by atoms with E-state index in [-0.39, 0.29) is 5.91 Å². The molecule has 0 aliphatic heterocycles. The average molecular weight is 376 g/mol. The molecule has 0 aliphatic carbocycles. The van der Waals surface area contributed by atoms with Crippen LogP contribution in [0.1, 0.15) is 34.2 Å². The largest absolute Gasteiger partial charge is 0.449 e. The van der Waals surface area contributed by atoms with Crippen LogP contribution in [0.25, 0.3) is 0 Å². The molecule has 144 valence electrons. The van der Waals surface area contributed by atoms with Crippen LogP contribution in [0.5, 0.6) is 0 Å². The molecule has 0 fully saturated rings. The Balaban J connectivity index is 1.68. The molecule has 1 amide bonds. The molecule has 1 aromatic heterocycles. The van der Waals surface area contributed by atoms with Gasteiger partial charge in [0.25, 0.3) is 5.91 Å². The van der Waals surface area contributed by atoms with E-state index >= 15 is 0 Å². The van der Waals surface area contributed by atoms with Crippen LogP contribution in [0.15, 0.2) is 66.7 Å². The fraction of sp³-hybridized carbons (Fsp3) is 0.217. The highest BCUT2D eigenvalue weighted by Gasteiger charge is 2.22. The molecule has 0 radical (unpaired) electrons. The summed E-state index contributed by atoms with van der Waals surface area (Å²) in [5.41, 5.74) is 4.08. The summed E-state index contributed by atoms with van der Waals surface area (Å²) in [5, 5.41) is 2.74. The van der Waals surface area contributed by atoms with Gasteiger partial charge in [-0.3, -0.25) is 4.79 Å². The molecule has 0 bridgehead atoms. The van der Waals surface area contributed by atoms with Gasteiger partial charge in [0.05, 0.1) is 5.56 Å². The quantitative estimate of drug-likeness (QED) is 0.651. The third kappa shape index (κ3) is 4.49. The Morgan fingerprint density at radius 1 is 1.00 bits per heavy atom. The van der Waals surface area contributed by atoms with E-state index < -0.39 is 12.1 Å². The fourth-order valence-electron chi connectivity index (χ4n) is 3.06. The van der Waals surface area contributed by atoms with Gasteiger partial charge in [-0.2, -0.15) is 0 Å². The van der Waals surface area contributed by atoms with Gasteiger partial charge in [0.2, 0.25) is 0 Å². The molecule has 5 heteroatoms. The van der Waals surface area contributed by atoms with Crippen LogP contribution in [-0.2, 0) is 16.1 Å². The number of esters is 1. The SMILES string of the molecule is Cc1cc(C(=O)O[C@@H](C)C(=O)Nc2ccccc2)c(C)n1Cc1ccccc1. The van der Waals surface area contributed by atoms with Crippen molar-refractivity contribution in [2.45, 2.75) is 33.4 Å². The zero-order chi connectivity index (χ0) is 20.1. The molecule has 0 spiro atoms. The van der Waals surface area contributed by atoms with Gasteiger partial charge in [0.1, 0.15) is 0 Å². The Morgan fingerprint density at radius 2 is 1.61 bits per heavy atom. The fourth-order valence-corrected chi connectivity index (χ4v) is 3.06. The van der Waals surface area contributed by atoms with Crippen LogP contribution in [-0.4, -0.2) is 22.5 Å². The number of amides is 1. The maximum absolute atomic E-state index is 12.6. The molecular formula is C23H24N2O3. The number of aromatic nitrogens is 1. The van der Waals surface area contributed by atoms with E-state index in [1.165, 1.54) is 0 Å². The van der Waals surface area contributed by atoms with E-state index in [9.17, 15) is 9.59 Å². The Bertz CT molecular complexity index is 962. The minimum atomic E-state index is -0.898. The molecule has 1 N–H and O–H groups in total. The van der Waals surface area contributed by atoms with Crippen LogP contribution in [0.3, 0.4) is 0 Å². The maximum atomic E-state index is 12.6. The predicted molar refractivity (Wildman–Crippen MR) is 109 cm³/mol. The van der Waals surface area contributed by atoms with E-state index in [0.717, 1.165) is 17.0 Å². The van der Waals surface area contributed by atoms with E-state index in [4.69, 9.17) is 4.74 Å². The smallest absolute Gasteiger partial charge is 0.340 e. The van der Waals surface area contributed by atoms with Gasteiger partial charge in [0.15, 0.2) is 6.10 Å². The maximum Gasteiger partial charge on any atom is 0.340 e. The van der Waals surface area contributed by atoms with E-state index in [2.05, 4.69) is 9.88 Å². The number of hydrogen-bond acceptors (Lipinski definition) is 3.